The molecule has 2 aromatic heterocycles. The molecule has 0 saturated carbocycles. The molecule has 7 nitrogen and oxygen atoms in total. The van der Waals surface area contributed by atoms with Crippen LogP contribution in [0.5, 0.6) is 5.75 Å². The van der Waals surface area contributed by atoms with Crippen molar-refractivity contribution in [2.24, 2.45) is 0 Å². The molecule has 1 aliphatic heterocycles. The Bertz CT molecular complexity index is 1060. The molecule has 1 atom stereocenters. The number of ether oxygens (including phenoxy) is 1. The summed E-state index contributed by atoms with van der Waals surface area (Å²) in [7, 11) is 1.61. The van der Waals surface area contributed by atoms with Gasteiger partial charge >= 0.3 is 0 Å². The number of nitrogens with one attached hydrogen (secondary N) is 1. The molecule has 148 valence electrons. The van der Waals surface area contributed by atoms with Crippen molar-refractivity contribution in [3.63, 3.8) is 0 Å². The van der Waals surface area contributed by atoms with E-state index in [9.17, 15) is 9.59 Å². The molecule has 1 fully saturated rings. The van der Waals surface area contributed by atoms with E-state index in [0.29, 0.717) is 31.0 Å². The van der Waals surface area contributed by atoms with Crippen LogP contribution in [0.15, 0.2) is 59.7 Å². The van der Waals surface area contributed by atoms with Crippen LogP contribution in [0.1, 0.15) is 23.6 Å². The molecule has 0 spiro atoms. The van der Waals surface area contributed by atoms with Gasteiger partial charge in [0.25, 0.3) is 5.56 Å². The van der Waals surface area contributed by atoms with Crippen LogP contribution in [0.4, 0.5) is 0 Å². The fraction of sp³-hybridized carbons (Fsp3) is 0.273. The first-order valence-corrected chi connectivity index (χ1v) is 9.55. The van der Waals surface area contributed by atoms with Gasteiger partial charge in [-0.15, -0.1) is 0 Å². The highest BCUT2D eigenvalue weighted by atomic mass is 16.5. The summed E-state index contributed by atoms with van der Waals surface area (Å²) in [4.78, 5) is 38.2. The molecule has 4 rings (SSSR count). The monoisotopic (exact) mass is 390 g/mol. The number of methoxy groups -OCH3 is 1. The van der Waals surface area contributed by atoms with E-state index < -0.39 is 0 Å². The topological polar surface area (TPSA) is 88.2 Å². The predicted molar refractivity (Wildman–Crippen MR) is 109 cm³/mol. The van der Waals surface area contributed by atoms with Crippen molar-refractivity contribution >= 4 is 5.91 Å². The lowest BCUT2D eigenvalue weighted by atomic mass is 10.0. The third kappa shape index (κ3) is 4.18. The third-order valence-electron chi connectivity index (χ3n) is 5.21. The van der Waals surface area contributed by atoms with Crippen LogP contribution in [0.25, 0.3) is 11.4 Å². The summed E-state index contributed by atoms with van der Waals surface area (Å²) in [5, 5.41) is 0. The summed E-state index contributed by atoms with van der Waals surface area (Å²) < 4.78 is 5.34. The molecule has 3 aromatic rings. The highest BCUT2D eigenvalue weighted by molar-refractivity contribution is 5.80. The lowest BCUT2D eigenvalue weighted by molar-refractivity contribution is -0.129. The van der Waals surface area contributed by atoms with Crippen molar-refractivity contribution in [1.29, 1.82) is 0 Å². The highest BCUT2D eigenvalue weighted by Crippen LogP contribution is 2.27. The minimum absolute atomic E-state index is 0.0412. The second-order valence-corrected chi connectivity index (χ2v) is 7.07. The van der Waals surface area contributed by atoms with Gasteiger partial charge in [0.15, 0.2) is 0 Å². The van der Waals surface area contributed by atoms with E-state index in [1.165, 1.54) is 6.07 Å². The fourth-order valence-electron chi connectivity index (χ4n) is 3.68. The lowest BCUT2D eigenvalue weighted by Crippen LogP contribution is -2.30. The SMILES string of the molecule is COc1ccccc1CC(=O)N1CC[C@@H](c2cc(=O)[nH]c(-c3ccncc3)n2)C1. The van der Waals surface area contributed by atoms with Crippen LogP contribution in [0.3, 0.4) is 0 Å². The van der Waals surface area contributed by atoms with Gasteiger partial charge in [-0.1, -0.05) is 18.2 Å². The molecular formula is C22H22N4O3. The maximum absolute atomic E-state index is 12.8. The molecule has 0 radical (unpaired) electrons. The number of hydrogen-bond acceptors (Lipinski definition) is 5. The van der Waals surface area contributed by atoms with E-state index in [1.807, 2.05) is 29.2 Å². The number of benzene rings is 1. The van der Waals surface area contributed by atoms with Gasteiger partial charge in [0.2, 0.25) is 5.91 Å². The summed E-state index contributed by atoms with van der Waals surface area (Å²) in [5.74, 6) is 1.33. The van der Waals surface area contributed by atoms with Gasteiger partial charge in [-0.05, 0) is 24.6 Å². The molecule has 1 aliphatic rings. The average molecular weight is 390 g/mol. The molecular weight excluding hydrogens is 368 g/mol. The second kappa shape index (κ2) is 8.26. The Morgan fingerprint density at radius 2 is 2.03 bits per heavy atom. The normalized spacial score (nSPS) is 16.0. The molecule has 7 heteroatoms. The number of pyridine rings is 1. The molecule has 1 N–H and O–H groups in total. The van der Waals surface area contributed by atoms with E-state index in [2.05, 4.69) is 15.0 Å². The van der Waals surface area contributed by atoms with Gasteiger partial charge < -0.3 is 14.6 Å². The summed E-state index contributed by atoms with van der Waals surface area (Å²) in [6, 6.07) is 12.7. The second-order valence-electron chi connectivity index (χ2n) is 7.07. The summed E-state index contributed by atoms with van der Waals surface area (Å²) in [5.41, 5.74) is 2.20. The molecule has 3 heterocycles. The number of amides is 1. The highest BCUT2D eigenvalue weighted by Gasteiger charge is 2.29. The van der Waals surface area contributed by atoms with Crippen LogP contribution in [0.2, 0.25) is 0 Å². The van der Waals surface area contributed by atoms with Crippen LogP contribution >= 0.6 is 0 Å². The van der Waals surface area contributed by atoms with Crippen LogP contribution in [-0.2, 0) is 11.2 Å². The number of rotatable bonds is 5. The first-order valence-electron chi connectivity index (χ1n) is 9.55. The molecule has 0 unspecified atom stereocenters. The number of hydrogen-bond donors (Lipinski definition) is 1. The zero-order chi connectivity index (χ0) is 20.2. The number of para-hydroxylation sites is 1. The summed E-state index contributed by atoms with van der Waals surface area (Å²) >= 11 is 0. The van der Waals surface area contributed by atoms with E-state index in [0.717, 1.165) is 23.3 Å². The number of nitrogens with zero attached hydrogens (tertiary/aromatic N) is 3. The average Bonchev–Trinajstić information content (AvgIpc) is 3.25. The van der Waals surface area contributed by atoms with E-state index in [1.54, 1.807) is 31.6 Å². The molecule has 1 aromatic carbocycles. The Kier molecular flexibility index (Phi) is 5.37. The first-order chi connectivity index (χ1) is 14.1. The number of carbonyl (C=O) groups is 1. The van der Waals surface area contributed by atoms with Gasteiger partial charge in [0.05, 0.1) is 19.2 Å². The van der Waals surface area contributed by atoms with Crippen LogP contribution in [0, 0.1) is 0 Å². The number of aromatic nitrogens is 3. The summed E-state index contributed by atoms with van der Waals surface area (Å²) in [6.07, 6.45) is 4.40. The maximum Gasteiger partial charge on any atom is 0.251 e. The number of likely N-dealkylation sites (tertiary alicyclic amines) is 1. The largest absolute Gasteiger partial charge is 0.496 e. The van der Waals surface area contributed by atoms with Crippen molar-refractivity contribution in [2.45, 2.75) is 18.8 Å². The first kappa shape index (κ1) is 18.9. The maximum atomic E-state index is 12.8. The van der Waals surface area contributed by atoms with Crippen molar-refractivity contribution < 1.29 is 9.53 Å². The Labute approximate surface area is 168 Å². The Morgan fingerprint density at radius 1 is 1.24 bits per heavy atom. The standard InChI is InChI=1S/C22H22N4O3/c1-29-19-5-3-2-4-16(19)12-21(28)26-11-8-17(14-26)18-13-20(27)25-22(24-18)15-6-9-23-10-7-15/h2-7,9-10,13,17H,8,11-12,14H2,1H3,(H,24,25,27)/t17-/m1/s1. The lowest BCUT2D eigenvalue weighted by Gasteiger charge is -2.17. The minimum atomic E-state index is -0.194. The molecule has 29 heavy (non-hydrogen) atoms. The van der Waals surface area contributed by atoms with Gasteiger partial charge in [0.1, 0.15) is 11.6 Å². The van der Waals surface area contributed by atoms with Gasteiger partial charge in [-0.2, -0.15) is 0 Å². The van der Waals surface area contributed by atoms with Crippen molar-refractivity contribution in [3.05, 3.63) is 76.5 Å². The Hall–Kier alpha value is -3.48. The van der Waals surface area contributed by atoms with Crippen molar-refractivity contribution in [2.75, 3.05) is 20.2 Å². The van der Waals surface area contributed by atoms with Gasteiger partial charge in [0, 0.05) is 48.6 Å². The number of carbonyl (C=O) groups excluding carboxylic acids is 1. The zero-order valence-electron chi connectivity index (χ0n) is 16.2. The van der Waals surface area contributed by atoms with Crippen molar-refractivity contribution in [3.8, 4) is 17.1 Å². The number of aromatic amines is 1. The third-order valence-corrected chi connectivity index (χ3v) is 5.21. The van der Waals surface area contributed by atoms with Crippen LogP contribution in [-0.4, -0.2) is 46.0 Å². The van der Waals surface area contributed by atoms with Crippen molar-refractivity contribution in [1.82, 2.24) is 19.9 Å². The van der Waals surface area contributed by atoms with E-state index in [-0.39, 0.29) is 17.4 Å². The van der Waals surface area contributed by atoms with E-state index >= 15 is 0 Å². The van der Waals surface area contributed by atoms with Crippen LogP contribution < -0.4 is 10.3 Å². The summed E-state index contributed by atoms with van der Waals surface area (Å²) in [6.45, 7) is 1.21. The Morgan fingerprint density at radius 3 is 2.83 bits per heavy atom. The van der Waals surface area contributed by atoms with Gasteiger partial charge in [-0.3, -0.25) is 14.6 Å². The number of H-pyrrole nitrogens is 1. The zero-order valence-corrected chi connectivity index (χ0v) is 16.2. The Balaban J connectivity index is 1.49. The van der Waals surface area contributed by atoms with E-state index in [4.69, 9.17) is 4.74 Å². The molecule has 1 amide bonds. The molecule has 0 bridgehead atoms. The molecule has 0 aliphatic carbocycles. The fourth-order valence-corrected chi connectivity index (χ4v) is 3.68. The van der Waals surface area contributed by atoms with Gasteiger partial charge in [-0.25, -0.2) is 4.98 Å². The minimum Gasteiger partial charge on any atom is -0.496 e. The molecule has 1 saturated heterocycles. The quantitative estimate of drug-likeness (QED) is 0.723. The smallest absolute Gasteiger partial charge is 0.251 e. The predicted octanol–water partition coefficient (Wildman–Crippen LogP) is 2.40.